The first kappa shape index (κ1) is 24.4. The molecule has 2 aliphatic rings. The second kappa shape index (κ2) is 11.2. The van der Waals surface area contributed by atoms with Gasteiger partial charge in [-0.25, -0.2) is 5.01 Å². The summed E-state index contributed by atoms with van der Waals surface area (Å²) in [7, 11) is 1.59. The molecule has 0 radical (unpaired) electrons. The third-order valence-corrected chi connectivity index (χ3v) is 6.48. The number of amides is 2. The molecule has 8 heteroatoms. The highest BCUT2D eigenvalue weighted by Gasteiger charge is 2.45. The summed E-state index contributed by atoms with van der Waals surface area (Å²) < 4.78 is 10.7. The van der Waals surface area contributed by atoms with Gasteiger partial charge < -0.3 is 14.4 Å². The van der Waals surface area contributed by atoms with Crippen LogP contribution in [0.1, 0.15) is 49.8 Å². The quantitative estimate of drug-likeness (QED) is 0.515. The highest BCUT2D eigenvalue weighted by atomic mass is 16.5. The van der Waals surface area contributed by atoms with Gasteiger partial charge in [-0.3, -0.25) is 14.4 Å². The summed E-state index contributed by atoms with van der Waals surface area (Å²) in [6.45, 7) is 2.67. The van der Waals surface area contributed by atoms with Crippen molar-refractivity contribution >= 4 is 23.5 Å². The summed E-state index contributed by atoms with van der Waals surface area (Å²) in [6, 6.07) is 16.6. The Labute approximate surface area is 205 Å². The second-order valence-corrected chi connectivity index (χ2v) is 8.76. The number of nitrogens with zero attached hydrogens (tertiary/aromatic N) is 3. The molecule has 0 saturated carbocycles. The van der Waals surface area contributed by atoms with Crippen LogP contribution in [0.25, 0.3) is 0 Å². The lowest BCUT2D eigenvalue weighted by atomic mass is 9.93. The van der Waals surface area contributed by atoms with E-state index in [0.29, 0.717) is 25.3 Å². The monoisotopic (exact) mass is 477 g/mol. The van der Waals surface area contributed by atoms with Crippen molar-refractivity contribution in [3.63, 3.8) is 0 Å². The Morgan fingerprint density at radius 1 is 1.09 bits per heavy atom. The molecule has 1 saturated heterocycles. The van der Waals surface area contributed by atoms with Gasteiger partial charge in [0.2, 0.25) is 5.91 Å². The fraction of sp³-hybridized carbons (Fsp3) is 0.407. The van der Waals surface area contributed by atoms with Crippen molar-refractivity contribution in [2.75, 3.05) is 26.8 Å². The Kier molecular flexibility index (Phi) is 7.80. The highest BCUT2D eigenvalue weighted by Crippen LogP contribution is 2.39. The van der Waals surface area contributed by atoms with Gasteiger partial charge in [0, 0.05) is 19.4 Å². The van der Waals surface area contributed by atoms with E-state index in [1.807, 2.05) is 54.6 Å². The molecular formula is C27H31N3O5. The number of likely N-dealkylation sites (tertiary alicyclic amines) is 1. The van der Waals surface area contributed by atoms with E-state index in [1.54, 1.807) is 12.0 Å². The van der Waals surface area contributed by atoms with E-state index in [1.165, 1.54) is 5.01 Å². The molecule has 0 aromatic heterocycles. The van der Waals surface area contributed by atoms with Crippen molar-refractivity contribution in [3.8, 4) is 5.75 Å². The van der Waals surface area contributed by atoms with Gasteiger partial charge in [0.1, 0.15) is 5.75 Å². The van der Waals surface area contributed by atoms with Crippen LogP contribution >= 0.6 is 0 Å². The zero-order valence-corrected chi connectivity index (χ0v) is 20.2. The maximum atomic E-state index is 13.1. The normalized spacial score (nSPS) is 19.6. The minimum absolute atomic E-state index is 0.0630. The van der Waals surface area contributed by atoms with Gasteiger partial charge in [-0.1, -0.05) is 55.8 Å². The van der Waals surface area contributed by atoms with Gasteiger partial charge in [0.25, 0.3) is 5.91 Å². The molecule has 0 bridgehead atoms. The molecule has 0 aliphatic carbocycles. The molecule has 4 rings (SSSR count). The fourth-order valence-electron chi connectivity index (χ4n) is 4.59. The lowest BCUT2D eigenvalue weighted by molar-refractivity contribution is -0.156. The summed E-state index contributed by atoms with van der Waals surface area (Å²) in [5.41, 5.74) is 2.65. The van der Waals surface area contributed by atoms with Crippen LogP contribution in [0.15, 0.2) is 59.7 Å². The van der Waals surface area contributed by atoms with Crippen LogP contribution in [0.5, 0.6) is 5.75 Å². The maximum absolute atomic E-state index is 13.1. The third-order valence-electron chi connectivity index (χ3n) is 6.48. The van der Waals surface area contributed by atoms with E-state index in [4.69, 9.17) is 9.47 Å². The lowest BCUT2D eigenvalue weighted by Crippen LogP contribution is -2.33. The molecule has 184 valence electrons. The molecule has 35 heavy (non-hydrogen) atoms. The van der Waals surface area contributed by atoms with Crippen molar-refractivity contribution < 1.29 is 23.9 Å². The zero-order valence-electron chi connectivity index (χ0n) is 20.2. The molecule has 0 spiro atoms. The predicted octanol–water partition coefficient (Wildman–Crippen LogP) is 3.56. The molecular weight excluding hydrogens is 446 g/mol. The minimum atomic E-state index is -0.678. The van der Waals surface area contributed by atoms with E-state index < -0.39 is 24.5 Å². The number of rotatable bonds is 9. The number of methoxy groups -OCH3 is 1. The molecule has 2 aromatic rings. The van der Waals surface area contributed by atoms with E-state index in [0.717, 1.165) is 29.7 Å². The first-order chi connectivity index (χ1) is 17.0. The molecule has 2 unspecified atom stereocenters. The van der Waals surface area contributed by atoms with Gasteiger partial charge in [-0.2, -0.15) is 5.10 Å². The van der Waals surface area contributed by atoms with Crippen molar-refractivity contribution in [2.24, 2.45) is 11.0 Å². The summed E-state index contributed by atoms with van der Waals surface area (Å²) in [5.74, 6) is -0.980. The summed E-state index contributed by atoms with van der Waals surface area (Å²) in [4.78, 5) is 40.4. The van der Waals surface area contributed by atoms with Crippen molar-refractivity contribution in [2.45, 2.75) is 38.6 Å². The van der Waals surface area contributed by atoms with Gasteiger partial charge in [-0.05, 0) is 29.7 Å². The Morgan fingerprint density at radius 2 is 1.83 bits per heavy atom. The Hall–Kier alpha value is -3.68. The second-order valence-electron chi connectivity index (χ2n) is 8.76. The van der Waals surface area contributed by atoms with Crippen LogP contribution in [0.4, 0.5) is 0 Å². The number of carbonyl (C=O) groups is 3. The van der Waals surface area contributed by atoms with Gasteiger partial charge in [0.05, 0.1) is 31.3 Å². The number of hydrogen-bond donors (Lipinski definition) is 0. The topological polar surface area (TPSA) is 88.5 Å². The maximum Gasteiger partial charge on any atom is 0.312 e. The Bertz CT molecular complexity index is 1080. The first-order valence-corrected chi connectivity index (χ1v) is 12.0. The fourth-order valence-corrected chi connectivity index (χ4v) is 4.59. The lowest BCUT2D eigenvalue weighted by Gasteiger charge is -2.28. The zero-order chi connectivity index (χ0) is 24.8. The van der Waals surface area contributed by atoms with Crippen LogP contribution in [-0.4, -0.2) is 60.2 Å². The van der Waals surface area contributed by atoms with Crippen LogP contribution < -0.4 is 4.74 Å². The molecule has 2 heterocycles. The average Bonchev–Trinajstić information content (AvgIpc) is 3.51. The van der Waals surface area contributed by atoms with Crippen LogP contribution in [0, 0.1) is 5.92 Å². The molecule has 0 N–H and O–H groups in total. The molecule has 2 atom stereocenters. The number of esters is 1. The van der Waals surface area contributed by atoms with Crippen LogP contribution in [-0.2, 0) is 19.1 Å². The van der Waals surface area contributed by atoms with E-state index >= 15 is 0 Å². The average molecular weight is 478 g/mol. The Balaban J connectivity index is 1.43. The van der Waals surface area contributed by atoms with Gasteiger partial charge >= 0.3 is 5.97 Å². The van der Waals surface area contributed by atoms with Crippen molar-refractivity contribution in [1.82, 2.24) is 9.91 Å². The van der Waals surface area contributed by atoms with E-state index in [-0.39, 0.29) is 18.2 Å². The molecule has 2 aliphatic heterocycles. The number of hydrogen-bond acceptors (Lipinski definition) is 6. The summed E-state index contributed by atoms with van der Waals surface area (Å²) in [6.07, 6.45) is 2.49. The molecule has 1 fully saturated rings. The number of carbonyl (C=O) groups excluding carboxylic acids is 3. The number of benzene rings is 2. The van der Waals surface area contributed by atoms with Gasteiger partial charge in [-0.15, -0.1) is 0 Å². The number of ether oxygens (including phenoxy) is 2. The highest BCUT2D eigenvalue weighted by molar-refractivity contribution is 6.02. The standard InChI is InChI=1S/C27H31N3O5/c1-3-4-15-29-24(31)17-22(26(29)20-10-12-21(34-2)13-11-20)27(33)35-18-25(32)30-16-14-23(28-30)19-8-6-5-7-9-19/h5-13,22,26H,3-4,14-18H2,1-2H3. The third kappa shape index (κ3) is 5.53. The molecule has 2 aromatic carbocycles. The summed E-state index contributed by atoms with van der Waals surface area (Å²) >= 11 is 0. The molecule has 2 amide bonds. The van der Waals surface area contributed by atoms with E-state index in [9.17, 15) is 14.4 Å². The van der Waals surface area contributed by atoms with Crippen molar-refractivity contribution in [1.29, 1.82) is 0 Å². The first-order valence-electron chi connectivity index (χ1n) is 12.0. The number of hydrazone groups is 1. The predicted molar refractivity (Wildman–Crippen MR) is 131 cm³/mol. The van der Waals surface area contributed by atoms with Crippen LogP contribution in [0.3, 0.4) is 0 Å². The summed E-state index contributed by atoms with van der Waals surface area (Å²) in [5, 5.41) is 5.76. The smallest absolute Gasteiger partial charge is 0.312 e. The van der Waals surface area contributed by atoms with Crippen LogP contribution in [0.2, 0.25) is 0 Å². The minimum Gasteiger partial charge on any atom is -0.497 e. The number of unbranched alkanes of at least 4 members (excludes halogenated alkanes) is 1. The SMILES string of the molecule is CCCCN1C(=O)CC(C(=O)OCC(=O)N2CCC(c3ccccc3)=N2)C1c1ccc(OC)cc1. The Morgan fingerprint density at radius 3 is 2.51 bits per heavy atom. The van der Waals surface area contributed by atoms with Gasteiger partial charge in [0.15, 0.2) is 6.61 Å². The van der Waals surface area contributed by atoms with E-state index in [2.05, 4.69) is 12.0 Å². The van der Waals surface area contributed by atoms with Crippen molar-refractivity contribution in [3.05, 3.63) is 65.7 Å². The largest absolute Gasteiger partial charge is 0.497 e. The molecule has 8 nitrogen and oxygen atoms in total.